The van der Waals surface area contributed by atoms with Gasteiger partial charge in [-0.05, 0) is 85.6 Å². The normalized spacial score (nSPS) is 26.0. The summed E-state index contributed by atoms with van der Waals surface area (Å²) in [4.78, 5) is 20.6. The Hall–Kier alpha value is -2.79. The Labute approximate surface area is 200 Å². The number of carbonyl (C=O) groups is 1. The van der Waals surface area contributed by atoms with E-state index in [1.54, 1.807) is 12.1 Å². The lowest BCUT2D eigenvalue weighted by Gasteiger charge is -2.46. The molecular weight excluding hydrogens is 427 g/mol. The highest BCUT2D eigenvalue weighted by molar-refractivity contribution is 5.89. The van der Waals surface area contributed by atoms with E-state index in [0.717, 1.165) is 37.7 Å². The Kier molecular flexibility index (Phi) is 5.60. The number of fused-ring (bicyclic) bond motifs is 3. The number of rotatable bonds is 4. The molecule has 176 valence electrons. The predicted octanol–water partition coefficient (Wildman–Crippen LogP) is 5.43. The van der Waals surface area contributed by atoms with Crippen LogP contribution in [0.2, 0.25) is 0 Å². The second-order valence-corrected chi connectivity index (χ2v) is 10.4. The number of carbonyl (C=O) groups excluding carboxylic acids is 1. The highest BCUT2D eigenvalue weighted by Crippen LogP contribution is 2.45. The fourth-order valence-corrected chi connectivity index (χ4v) is 6.76. The number of hydrogen-bond donors (Lipinski definition) is 0. The Morgan fingerprint density at radius 1 is 1.03 bits per heavy atom. The average molecular weight is 459 g/mol. The third-order valence-electron chi connectivity index (χ3n) is 8.43. The van der Waals surface area contributed by atoms with Crippen LogP contribution < -0.4 is 0 Å². The lowest BCUT2D eigenvalue weighted by atomic mass is 9.72. The zero-order valence-electron chi connectivity index (χ0n) is 19.5. The summed E-state index contributed by atoms with van der Waals surface area (Å²) in [5.41, 5.74) is 1.51. The van der Waals surface area contributed by atoms with Gasteiger partial charge in [0.25, 0.3) is 0 Å². The van der Waals surface area contributed by atoms with E-state index in [1.807, 2.05) is 18.5 Å². The molecule has 0 aliphatic carbocycles. The van der Waals surface area contributed by atoms with Gasteiger partial charge in [-0.15, -0.1) is 0 Å². The van der Waals surface area contributed by atoms with Crippen molar-refractivity contribution in [3.05, 3.63) is 77.9 Å². The van der Waals surface area contributed by atoms with Crippen LogP contribution in [0.1, 0.15) is 49.7 Å². The topological polar surface area (TPSA) is 42.4 Å². The molecule has 3 saturated heterocycles. The lowest BCUT2D eigenvalue weighted by molar-refractivity contribution is -0.146. The van der Waals surface area contributed by atoms with Crippen molar-refractivity contribution in [3.63, 3.8) is 0 Å². The van der Waals surface area contributed by atoms with Crippen molar-refractivity contribution in [2.75, 3.05) is 13.2 Å². The first-order valence-corrected chi connectivity index (χ1v) is 12.6. The summed E-state index contributed by atoms with van der Waals surface area (Å²) >= 11 is 0. The van der Waals surface area contributed by atoms with Crippen LogP contribution in [0, 0.1) is 11.7 Å². The molecule has 6 rings (SSSR count). The van der Waals surface area contributed by atoms with E-state index in [1.165, 1.54) is 22.4 Å². The molecule has 3 aliphatic rings. The van der Waals surface area contributed by atoms with Gasteiger partial charge in [-0.2, -0.15) is 0 Å². The van der Waals surface area contributed by atoms with Gasteiger partial charge in [-0.3, -0.25) is 9.78 Å². The fraction of sp³-hybridized carbons (Fsp3) is 0.448. The summed E-state index contributed by atoms with van der Waals surface area (Å²) in [6, 6.07) is 16.0. The van der Waals surface area contributed by atoms with Crippen LogP contribution in [0.5, 0.6) is 0 Å². The summed E-state index contributed by atoms with van der Waals surface area (Å²) in [5.74, 6) is 0.509. The van der Waals surface area contributed by atoms with Gasteiger partial charge < -0.3 is 9.64 Å². The molecule has 2 atom stereocenters. The molecule has 2 aromatic carbocycles. The van der Waals surface area contributed by atoms with Gasteiger partial charge in [-0.25, -0.2) is 4.39 Å². The molecule has 0 unspecified atom stereocenters. The SMILES string of the molecule is O=C(N1[C@H]2CC[C@H]1CC(Cc1ccc3cnccc3c1)C2)C1(c2cccc(F)c2)CCOCC1. The highest BCUT2D eigenvalue weighted by atomic mass is 19.1. The second kappa shape index (κ2) is 8.77. The average Bonchev–Trinajstić information content (AvgIpc) is 3.13. The molecule has 3 fully saturated rings. The third kappa shape index (κ3) is 3.80. The minimum atomic E-state index is -0.666. The Morgan fingerprint density at radius 3 is 2.59 bits per heavy atom. The smallest absolute Gasteiger partial charge is 0.233 e. The summed E-state index contributed by atoms with van der Waals surface area (Å²) in [5, 5.41) is 2.41. The van der Waals surface area contributed by atoms with Gasteiger partial charge in [0.2, 0.25) is 5.91 Å². The van der Waals surface area contributed by atoms with Gasteiger partial charge >= 0.3 is 0 Å². The number of amides is 1. The minimum absolute atomic E-state index is 0.200. The lowest BCUT2D eigenvalue weighted by Crippen LogP contribution is -2.56. The Morgan fingerprint density at radius 2 is 1.82 bits per heavy atom. The predicted molar refractivity (Wildman–Crippen MR) is 130 cm³/mol. The second-order valence-electron chi connectivity index (χ2n) is 10.4. The first-order chi connectivity index (χ1) is 16.6. The molecule has 2 bridgehead atoms. The molecule has 0 spiro atoms. The molecule has 3 aromatic rings. The van der Waals surface area contributed by atoms with Crippen LogP contribution >= 0.6 is 0 Å². The van der Waals surface area contributed by atoms with E-state index in [9.17, 15) is 9.18 Å². The zero-order chi connectivity index (χ0) is 23.1. The summed E-state index contributed by atoms with van der Waals surface area (Å²) in [6.45, 7) is 1.09. The maximum Gasteiger partial charge on any atom is 0.233 e. The van der Waals surface area contributed by atoms with Crippen molar-refractivity contribution in [1.29, 1.82) is 0 Å². The van der Waals surface area contributed by atoms with E-state index in [2.05, 4.69) is 34.1 Å². The number of benzene rings is 2. The quantitative estimate of drug-likeness (QED) is 0.523. The highest BCUT2D eigenvalue weighted by Gasteiger charge is 2.51. The van der Waals surface area contributed by atoms with Crippen LogP contribution in [0.25, 0.3) is 10.8 Å². The van der Waals surface area contributed by atoms with Gasteiger partial charge in [0.1, 0.15) is 5.82 Å². The first kappa shape index (κ1) is 21.7. The Bertz CT molecular complexity index is 1190. The number of ether oxygens (including phenoxy) is 1. The fourth-order valence-electron chi connectivity index (χ4n) is 6.76. The van der Waals surface area contributed by atoms with Crippen molar-refractivity contribution in [1.82, 2.24) is 9.88 Å². The summed E-state index contributed by atoms with van der Waals surface area (Å²) in [7, 11) is 0. The van der Waals surface area contributed by atoms with E-state index in [4.69, 9.17) is 4.74 Å². The van der Waals surface area contributed by atoms with Gasteiger partial charge in [0, 0.05) is 43.1 Å². The number of pyridine rings is 1. The van der Waals surface area contributed by atoms with E-state index in [-0.39, 0.29) is 23.8 Å². The maximum atomic E-state index is 14.2. The van der Waals surface area contributed by atoms with Crippen LogP contribution in [-0.2, 0) is 21.4 Å². The van der Waals surface area contributed by atoms with E-state index >= 15 is 0 Å². The molecule has 34 heavy (non-hydrogen) atoms. The number of aromatic nitrogens is 1. The van der Waals surface area contributed by atoms with Crippen LogP contribution in [0.4, 0.5) is 4.39 Å². The zero-order valence-corrected chi connectivity index (χ0v) is 19.5. The molecule has 0 N–H and O–H groups in total. The molecule has 4 heterocycles. The molecule has 0 saturated carbocycles. The molecule has 0 radical (unpaired) electrons. The van der Waals surface area contributed by atoms with Crippen LogP contribution in [0.15, 0.2) is 60.9 Å². The van der Waals surface area contributed by atoms with Crippen molar-refractivity contribution >= 4 is 16.7 Å². The van der Waals surface area contributed by atoms with Crippen molar-refractivity contribution < 1.29 is 13.9 Å². The largest absolute Gasteiger partial charge is 0.381 e. The van der Waals surface area contributed by atoms with Gasteiger partial charge in [0.15, 0.2) is 0 Å². The molecule has 1 aromatic heterocycles. The number of piperidine rings is 1. The molecular formula is C29H31FN2O2. The molecule has 1 amide bonds. The van der Waals surface area contributed by atoms with Gasteiger partial charge in [-0.1, -0.05) is 30.3 Å². The minimum Gasteiger partial charge on any atom is -0.381 e. The monoisotopic (exact) mass is 458 g/mol. The van der Waals surface area contributed by atoms with Crippen LogP contribution in [0.3, 0.4) is 0 Å². The third-order valence-corrected chi connectivity index (χ3v) is 8.43. The first-order valence-electron chi connectivity index (χ1n) is 12.6. The van der Waals surface area contributed by atoms with Crippen LogP contribution in [-0.4, -0.2) is 41.1 Å². The summed E-state index contributed by atoms with van der Waals surface area (Å²) < 4.78 is 19.8. The molecule has 5 heteroatoms. The van der Waals surface area contributed by atoms with Crippen molar-refractivity contribution in [2.45, 2.75) is 62.4 Å². The van der Waals surface area contributed by atoms with Crippen molar-refractivity contribution in [3.8, 4) is 0 Å². The number of halogens is 1. The van der Waals surface area contributed by atoms with E-state index in [0.29, 0.717) is 32.0 Å². The summed E-state index contributed by atoms with van der Waals surface area (Å²) in [6.07, 6.45) is 10.3. The van der Waals surface area contributed by atoms with E-state index < -0.39 is 5.41 Å². The number of nitrogens with zero attached hydrogens (tertiary/aromatic N) is 2. The Balaban J connectivity index is 1.23. The maximum absolute atomic E-state index is 14.2. The standard InChI is InChI=1S/C29H31FN2O2/c30-25-3-1-2-24(18-25)29(9-12-34-13-10-29)28(33)32-26-6-7-27(32)17-21(16-26)14-20-4-5-23-19-31-11-8-22(23)15-20/h1-5,8,11,15,18-19,21,26-27H,6-7,9-10,12-14,16-17H2/t26-,27-/m0/s1. The molecule has 3 aliphatic heterocycles. The molecule has 4 nitrogen and oxygen atoms in total. The number of hydrogen-bond acceptors (Lipinski definition) is 3. The van der Waals surface area contributed by atoms with Gasteiger partial charge in [0.05, 0.1) is 5.41 Å². The van der Waals surface area contributed by atoms with Crippen molar-refractivity contribution in [2.24, 2.45) is 5.92 Å².